The van der Waals surface area contributed by atoms with Gasteiger partial charge >= 0.3 is 0 Å². The van der Waals surface area contributed by atoms with E-state index in [0.29, 0.717) is 25.5 Å². The van der Waals surface area contributed by atoms with Crippen LogP contribution < -0.4 is 16.0 Å². The summed E-state index contributed by atoms with van der Waals surface area (Å²) in [5, 5.41) is 13.3. The summed E-state index contributed by atoms with van der Waals surface area (Å²) in [6.45, 7) is 3.15. The summed E-state index contributed by atoms with van der Waals surface area (Å²) < 4.78 is 1.71. The number of aromatic nitrogens is 3. The van der Waals surface area contributed by atoms with E-state index in [9.17, 15) is 4.79 Å². The third-order valence-electron chi connectivity index (χ3n) is 3.62. The van der Waals surface area contributed by atoms with E-state index in [0.717, 1.165) is 23.5 Å². The van der Waals surface area contributed by atoms with Crippen molar-refractivity contribution in [2.75, 3.05) is 12.4 Å². The molecule has 0 saturated heterocycles. The molecule has 1 amide bonds. The Morgan fingerprint density at radius 3 is 2.52 bits per heavy atom. The fraction of sp³-hybridized carbons (Fsp3) is 0.412. The highest BCUT2D eigenvalue weighted by molar-refractivity contribution is 5.90. The van der Waals surface area contributed by atoms with Crippen LogP contribution in [0.25, 0.3) is 0 Å². The molecule has 8 nitrogen and oxygen atoms in total. The van der Waals surface area contributed by atoms with Crippen LogP contribution in [0, 0.1) is 0 Å². The fourth-order valence-electron chi connectivity index (χ4n) is 2.21. The SMILES string of the molecule is CCCC(=O)Nc1ccc(CNC(=NC)NCc2ncnn2C)cc1. The molecule has 0 saturated carbocycles. The van der Waals surface area contributed by atoms with Gasteiger partial charge in [-0.3, -0.25) is 14.5 Å². The molecule has 0 aliphatic rings. The standard InChI is InChI=1S/C17H25N7O/c1-4-5-16(25)23-14-8-6-13(7-9-14)10-19-17(18-2)20-11-15-21-12-22-24(15)3/h6-9,12H,4-5,10-11H2,1-3H3,(H,23,25)(H2,18,19,20). The Labute approximate surface area is 147 Å². The lowest BCUT2D eigenvalue weighted by Gasteiger charge is -2.12. The van der Waals surface area contributed by atoms with E-state index < -0.39 is 0 Å². The van der Waals surface area contributed by atoms with Gasteiger partial charge in [0, 0.05) is 32.7 Å². The van der Waals surface area contributed by atoms with Crippen LogP contribution in [0.15, 0.2) is 35.6 Å². The Kier molecular flexibility index (Phi) is 6.94. The fourth-order valence-corrected chi connectivity index (χ4v) is 2.21. The highest BCUT2D eigenvalue weighted by atomic mass is 16.1. The third-order valence-corrected chi connectivity index (χ3v) is 3.62. The lowest BCUT2D eigenvalue weighted by atomic mass is 10.2. The predicted molar refractivity (Wildman–Crippen MR) is 98.0 cm³/mol. The molecular formula is C17H25N7O. The Morgan fingerprint density at radius 2 is 1.92 bits per heavy atom. The van der Waals surface area contributed by atoms with Crippen LogP contribution in [0.2, 0.25) is 0 Å². The molecule has 2 aromatic rings. The molecule has 0 aliphatic carbocycles. The van der Waals surface area contributed by atoms with Crippen LogP contribution in [-0.4, -0.2) is 33.7 Å². The monoisotopic (exact) mass is 343 g/mol. The molecule has 3 N–H and O–H groups in total. The van der Waals surface area contributed by atoms with E-state index in [1.54, 1.807) is 11.7 Å². The van der Waals surface area contributed by atoms with Gasteiger partial charge in [-0.15, -0.1) is 0 Å². The second kappa shape index (κ2) is 9.41. The van der Waals surface area contributed by atoms with Crippen LogP contribution >= 0.6 is 0 Å². The van der Waals surface area contributed by atoms with Crippen molar-refractivity contribution >= 4 is 17.6 Å². The minimum Gasteiger partial charge on any atom is -0.352 e. The number of amides is 1. The van der Waals surface area contributed by atoms with E-state index in [2.05, 4.69) is 31.0 Å². The van der Waals surface area contributed by atoms with Crippen molar-refractivity contribution in [2.24, 2.45) is 12.0 Å². The van der Waals surface area contributed by atoms with Gasteiger partial charge in [0.25, 0.3) is 0 Å². The summed E-state index contributed by atoms with van der Waals surface area (Å²) in [7, 11) is 3.57. The van der Waals surface area contributed by atoms with Gasteiger partial charge < -0.3 is 16.0 Å². The molecule has 25 heavy (non-hydrogen) atoms. The average Bonchev–Trinajstić information content (AvgIpc) is 3.02. The first-order valence-electron chi connectivity index (χ1n) is 8.28. The molecule has 0 fully saturated rings. The van der Waals surface area contributed by atoms with Crippen LogP contribution in [-0.2, 0) is 24.9 Å². The maximum Gasteiger partial charge on any atom is 0.224 e. The summed E-state index contributed by atoms with van der Waals surface area (Å²) >= 11 is 0. The van der Waals surface area contributed by atoms with E-state index in [-0.39, 0.29) is 5.91 Å². The molecule has 0 radical (unpaired) electrons. The van der Waals surface area contributed by atoms with Crippen molar-refractivity contribution in [3.63, 3.8) is 0 Å². The largest absolute Gasteiger partial charge is 0.352 e. The van der Waals surface area contributed by atoms with Crippen LogP contribution in [0.1, 0.15) is 31.2 Å². The van der Waals surface area contributed by atoms with Gasteiger partial charge in [0.05, 0.1) is 6.54 Å². The topological polar surface area (TPSA) is 96.2 Å². The smallest absolute Gasteiger partial charge is 0.224 e. The average molecular weight is 343 g/mol. The number of rotatable bonds is 7. The number of nitrogens with zero attached hydrogens (tertiary/aromatic N) is 4. The summed E-state index contributed by atoms with van der Waals surface area (Å²) in [6.07, 6.45) is 2.90. The molecule has 0 aliphatic heterocycles. The Morgan fingerprint density at radius 1 is 1.20 bits per heavy atom. The minimum absolute atomic E-state index is 0.0433. The van der Waals surface area contributed by atoms with Crippen LogP contribution in [0.3, 0.4) is 0 Å². The normalized spacial score (nSPS) is 11.2. The lowest BCUT2D eigenvalue weighted by molar-refractivity contribution is -0.116. The number of hydrogen-bond acceptors (Lipinski definition) is 4. The van der Waals surface area contributed by atoms with Gasteiger partial charge in [0.1, 0.15) is 12.2 Å². The van der Waals surface area contributed by atoms with Crippen molar-refractivity contribution in [1.29, 1.82) is 0 Å². The van der Waals surface area contributed by atoms with Crippen molar-refractivity contribution in [3.05, 3.63) is 42.0 Å². The molecule has 1 heterocycles. The molecule has 1 aromatic carbocycles. The molecule has 2 rings (SSSR count). The van der Waals surface area contributed by atoms with E-state index in [1.807, 2.05) is 38.2 Å². The van der Waals surface area contributed by atoms with Gasteiger partial charge in [-0.25, -0.2) is 4.98 Å². The molecule has 1 aromatic heterocycles. The van der Waals surface area contributed by atoms with Crippen molar-refractivity contribution in [3.8, 4) is 0 Å². The first-order valence-corrected chi connectivity index (χ1v) is 8.28. The maximum absolute atomic E-state index is 11.6. The van der Waals surface area contributed by atoms with E-state index in [1.165, 1.54) is 6.33 Å². The first kappa shape index (κ1) is 18.4. The number of aliphatic imine (C=N–C) groups is 1. The number of carbonyl (C=O) groups is 1. The van der Waals surface area contributed by atoms with Crippen LogP contribution in [0.4, 0.5) is 5.69 Å². The summed E-state index contributed by atoms with van der Waals surface area (Å²) in [6, 6.07) is 7.76. The lowest BCUT2D eigenvalue weighted by Crippen LogP contribution is -2.36. The number of anilines is 1. The zero-order valence-electron chi connectivity index (χ0n) is 14.9. The van der Waals surface area contributed by atoms with Crippen LogP contribution in [0.5, 0.6) is 0 Å². The van der Waals surface area contributed by atoms with Gasteiger partial charge in [-0.1, -0.05) is 19.1 Å². The van der Waals surface area contributed by atoms with Gasteiger partial charge in [-0.2, -0.15) is 5.10 Å². The molecular weight excluding hydrogens is 318 g/mol. The van der Waals surface area contributed by atoms with E-state index >= 15 is 0 Å². The number of aryl methyl sites for hydroxylation is 1. The molecule has 0 atom stereocenters. The maximum atomic E-state index is 11.6. The first-order chi connectivity index (χ1) is 12.1. The number of guanidine groups is 1. The van der Waals surface area contributed by atoms with Crippen molar-refractivity contribution < 1.29 is 4.79 Å². The number of benzene rings is 1. The Balaban J connectivity index is 1.81. The summed E-state index contributed by atoms with van der Waals surface area (Å²) in [5.41, 5.74) is 1.90. The molecule has 0 unspecified atom stereocenters. The van der Waals surface area contributed by atoms with Gasteiger partial charge in [-0.05, 0) is 24.1 Å². The second-order valence-electron chi connectivity index (χ2n) is 5.57. The number of carbonyl (C=O) groups excluding carboxylic acids is 1. The Hall–Kier alpha value is -2.90. The third kappa shape index (κ3) is 5.91. The Bertz CT molecular complexity index is 706. The zero-order valence-corrected chi connectivity index (χ0v) is 14.9. The van der Waals surface area contributed by atoms with Crippen molar-refractivity contribution in [1.82, 2.24) is 25.4 Å². The predicted octanol–water partition coefficient (Wildman–Crippen LogP) is 1.42. The van der Waals surface area contributed by atoms with E-state index in [4.69, 9.17) is 0 Å². The zero-order chi connectivity index (χ0) is 18.1. The molecule has 0 spiro atoms. The minimum atomic E-state index is 0.0433. The molecule has 0 bridgehead atoms. The second-order valence-corrected chi connectivity index (χ2v) is 5.57. The van der Waals surface area contributed by atoms with Gasteiger partial charge in [0.15, 0.2) is 5.96 Å². The quantitative estimate of drug-likeness (QED) is 0.522. The highest BCUT2D eigenvalue weighted by Gasteiger charge is 2.04. The molecule has 8 heteroatoms. The number of hydrogen-bond donors (Lipinski definition) is 3. The summed E-state index contributed by atoms with van der Waals surface area (Å²) in [4.78, 5) is 19.9. The number of nitrogens with one attached hydrogen (secondary N) is 3. The van der Waals surface area contributed by atoms with Gasteiger partial charge in [0.2, 0.25) is 5.91 Å². The highest BCUT2D eigenvalue weighted by Crippen LogP contribution is 2.10. The summed E-state index contributed by atoms with van der Waals surface area (Å²) in [5.74, 6) is 1.56. The van der Waals surface area contributed by atoms with Crippen molar-refractivity contribution in [2.45, 2.75) is 32.9 Å². The molecule has 134 valence electrons.